The lowest BCUT2D eigenvalue weighted by Crippen LogP contribution is -2.15. The third-order valence-electron chi connectivity index (χ3n) is 2.44. The second kappa shape index (κ2) is 5.66. The van der Waals surface area contributed by atoms with Crippen molar-refractivity contribution in [1.29, 1.82) is 0 Å². The molecule has 0 fully saturated rings. The van der Waals surface area contributed by atoms with Crippen molar-refractivity contribution in [1.82, 2.24) is 9.97 Å². The third-order valence-corrected chi connectivity index (χ3v) is 3.60. The van der Waals surface area contributed by atoms with Gasteiger partial charge in [0.25, 0.3) is 5.56 Å². The zero-order valence-corrected chi connectivity index (χ0v) is 11.2. The fourth-order valence-corrected chi connectivity index (χ4v) is 2.42. The number of nitrogens with zero attached hydrogens (tertiary/aromatic N) is 1. The first-order chi connectivity index (χ1) is 9.10. The van der Waals surface area contributed by atoms with E-state index in [4.69, 9.17) is 16.2 Å². The Bertz CT molecular complexity index is 642. The van der Waals surface area contributed by atoms with E-state index in [9.17, 15) is 4.79 Å². The van der Waals surface area contributed by atoms with Gasteiger partial charge in [0.15, 0.2) is 0 Å². The molecule has 6 nitrogen and oxygen atoms in total. The number of hydrogen-bond acceptors (Lipinski definition) is 6. The summed E-state index contributed by atoms with van der Waals surface area (Å²) in [6.45, 7) is 0. The highest BCUT2D eigenvalue weighted by Gasteiger charge is 2.09. The molecule has 2 rings (SSSR count). The summed E-state index contributed by atoms with van der Waals surface area (Å²) >= 11 is 1.31. The molecule has 0 saturated heterocycles. The van der Waals surface area contributed by atoms with Gasteiger partial charge in [0.1, 0.15) is 16.5 Å². The Balaban J connectivity index is 2.16. The Morgan fingerprint density at radius 3 is 2.89 bits per heavy atom. The van der Waals surface area contributed by atoms with Crippen LogP contribution in [0.15, 0.2) is 34.0 Å². The molecule has 1 heterocycles. The molecule has 0 saturated carbocycles. The van der Waals surface area contributed by atoms with Crippen LogP contribution in [-0.2, 0) is 5.75 Å². The van der Waals surface area contributed by atoms with Crippen LogP contribution in [0.1, 0.15) is 5.56 Å². The van der Waals surface area contributed by atoms with E-state index in [2.05, 4.69) is 9.97 Å². The van der Waals surface area contributed by atoms with Crippen LogP contribution >= 0.6 is 11.8 Å². The van der Waals surface area contributed by atoms with Crippen LogP contribution in [0.25, 0.3) is 0 Å². The van der Waals surface area contributed by atoms with Crippen LogP contribution in [0.5, 0.6) is 5.75 Å². The predicted octanol–water partition coefficient (Wildman–Crippen LogP) is 1.24. The number of methoxy groups -OCH3 is 1. The number of anilines is 2. The fraction of sp³-hybridized carbons (Fsp3) is 0.167. The first-order valence-electron chi connectivity index (χ1n) is 5.51. The van der Waals surface area contributed by atoms with Gasteiger partial charge in [-0.1, -0.05) is 12.1 Å². The minimum Gasteiger partial charge on any atom is -0.497 e. The SMILES string of the molecule is COc1cccc(CSc2c(N)nc(N)[nH]c2=O)c1. The zero-order valence-electron chi connectivity index (χ0n) is 10.3. The summed E-state index contributed by atoms with van der Waals surface area (Å²) in [5, 5.41) is 0. The Labute approximate surface area is 114 Å². The summed E-state index contributed by atoms with van der Waals surface area (Å²) in [6.07, 6.45) is 0. The summed E-state index contributed by atoms with van der Waals surface area (Å²) in [4.78, 5) is 18.3. The van der Waals surface area contributed by atoms with Gasteiger partial charge in [0.05, 0.1) is 7.11 Å². The van der Waals surface area contributed by atoms with Gasteiger partial charge in [0.2, 0.25) is 5.95 Å². The van der Waals surface area contributed by atoms with E-state index >= 15 is 0 Å². The minimum absolute atomic E-state index is 0.0215. The van der Waals surface area contributed by atoms with E-state index in [0.717, 1.165) is 11.3 Å². The number of nitrogens with one attached hydrogen (secondary N) is 1. The third kappa shape index (κ3) is 3.19. The number of thioether (sulfide) groups is 1. The summed E-state index contributed by atoms with van der Waals surface area (Å²) in [7, 11) is 1.61. The zero-order chi connectivity index (χ0) is 13.8. The van der Waals surface area contributed by atoms with Crippen molar-refractivity contribution in [3.8, 4) is 5.75 Å². The molecule has 19 heavy (non-hydrogen) atoms. The first-order valence-corrected chi connectivity index (χ1v) is 6.49. The second-order valence-corrected chi connectivity index (χ2v) is 4.79. The average Bonchev–Trinajstić information content (AvgIpc) is 2.37. The largest absolute Gasteiger partial charge is 0.497 e. The lowest BCUT2D eigenvalue weighted by Gasteiger charge is -2.06. The van der Waals surface area contributed by atoms with Crippen molar-refractivity contribution in [3.63, 3.8) is 0 Å². The molecule has 0 aliphatic rings. The van der Waals surface area contributed by atoms with E-state index in [-0.39, 0.29) is 17.3 Å². The van der Waals surface area contributed by atoms with Crippen LogP contribution in [0.2, 0.25) is 0 Å². The maximum atomic E-state index is 11.7. The van der Waals surface area contributed by atoms with E-state index < -0.39 is 0 Å². The summed E-state index contributed by atoms with van der Waals surface area (Å²) in [5.74, 6) is 1.54. The number of hydrogen-bond donors (Lipinski definition) is 3. The molecule has 0 aliphatic carbocycles. The minimum atomic E-state index is -0.321. The van der Waals surface area contributed by atoms with Gasteiger partial charge < -0.3 is 16.2 Å². The molecule has 0 atom stereocenters. The van der Waals surface area contributed by atoms with E-state index in [1.54, 1.807) is 7.11 Å². The highest BCUT2D eigenvalue weighted by atomic mass is 32.2. The molecule has 0 aliphatic heterocycles. The monoisotopic (exact) mass is 278 g/mol. The van der Waals surface area contributed by atoms with Crippen LogP contribution in [0.3, 0.4) is 0 Å². The first kappa shape index (κ1) is 13.3. The standard InChI is InChI=1S/C12H14N4O2S/c1-18-8-4-2-3-7(5-8)6-19-9-10(13)15-12(14)16-11(9)17/h2-5H,6H2,1H3,(H5,13,14,15,16,17). The number of rotatable bonds is 4. The van der Waals surface area contributed by atoms with E-state index in [1.165, 1.54) is 11.8 Å². The molecular formula is C12H14N4O2S. The number of ether oxygens (including phenoxy) is 1. The van der Waals surface area contributed by atoms with Gasteiger partial charge in [-0.25, -0.2) is 0 Å². The highest BCUT2D eigenvalue weighted by molar-refractivity contribution is 7.98. The number of aromatic amines is 1. The van der Waals surface area contributed by atoms with Gasteiger partial charge in [-0.2, -0.15) is 4.98 Å². The second-order valence-electron chi connectivity index (χ2n) is 3.81. The molecule has 7 heteroatoms. The lowest BCUT2D eigenvalue weighted by molar-refractivity contribution is 0.414. The van der Waals surface area contributed by atoms with Crippen molar-refractivity contribution in [2.75, 3.05) is 18.6 Å². The van der Waals surface area contributed by atoms with Crippen molar-refractivity contribution in [2.45, 2.75) is 10.6 Å². The number of nitrogen functional groups attached to an aromatic ring is 2. The molecule has 0 radical (unpaired) electrons. The summed E-state index contributed by atoms with van der Waals surface area (Å²) in [5.41, 5.74) is 11.8. The number of benzene rings is 1. The Hall–Kier alpha value is -2.15. The summed E-state index contributed by atoms with van der Waals surface area (Å²) < 4.78 is 5.14. The molecule has 0 amide bonds. The van der Waals surface area contributed by atoms with Gasteiger partial charge in [-0.3, -0.25) is 9.78 Å². The molecule has 1 aromatic heterocycles. The van der Waals surface area contributed by atoms with Gasteiger partial charge in [-0.15, -0.1) is 11.8 Å². The molecule has 0 unspecified atom stereocenters. The smallest absolute Gasteiger partial charge is 0.268 e. The van der Waals surface area contributed by atoms with Crippen LogP contribution in [0, 0.1) is 0 Å². The number of aromatic nitrogens is 2. The summed E-state index contributed by atoms with van der Waals surface area (Å²) in [6, 6.07) is 7.61. The molecule has 0 spiro atoms. The molecule has 2 aromatic rings. The maximum absolute atomic E-state index is 11.7. The Morgan fingerprint density at radius 2 is 2.21 bits per heavy atom. The average molecular weight is 278 g/mol. The van der Waals surface area contributed by atoms with Crippen molar-refractivity contribution in [2.24, 2.45) is 0 Å². The molecule has 0 bridgehead atoms. The maximum Gasteiger partial charge on any atom is 0.268 e. The number of nitrogens with two attached hydrogens (primary N) is 2. The van der Waals surface area contributed by atoms with Gasteiger partial charge in [-0.05, 0) is 17.7 Å². The quantitative estimate of drug-likeness (QED) is 0.726. The molecule has 5 N–H and O–H groups in total. The molecule has 100 valence electrons. The van der Waals surface area contributed by atoms with Crippen molar-refractivity contribution in [3.05, 3.63) is 40.2 Å². The predicted molar refractivity (Wildman–Crippen MR) is 76.2 cm³/mol. The van der Waals surface area contributed by atoms with Crippen molar-refractivity contribution < 1.29 is 4.74 Å². The van der Waals surface area contributed by atoms with Crippen LogP contribution in [0.4, 0.5) is 11.8 Å². The topological polar surface area (TPSA) is 107 Å². The number of H-pyrrole nitrogens is 1. The molecule has 1 aromatic carbocycles. The van der Waals surface area contributed by atoms with Gasteiger partial charge >= 0.3 is 0 Å². The van der Waals surface area contributed by atoms with Crippen molar-refractivity contribution >= 4 is 23.5 Å². The Morgan fingerprint density at radius 1 is 1.42 bits per heavy atom. The Kier molecular flexibility index (Phi) is 3.96. The highest BCUT2D eigenvalue weighted by Crippen LogP contribution is 2.25. The van der Waals surface area contributed by atoms with E-state index in [1.807, 2.05) is 24.3 Å². The van der Waals surface area contributed by atoms with Crippen LogP contribution in [-0.4, -0.2) is 17.1 Å². The fourth-order valence-electron chi connectivity index (χ4n) is 1.56. The lowest BCUT2D eigenvalue weighted by atomic mass is 10.2. The normalized spacial score (nSPS) is 10.4. The van der Waals surface area contributed by atoms with E-state index in [0.29, 0.717) is 10.6 Å². The molecular weight excluding hydrogens is 264 g/mol. The van der Waals surface area contributed by atoms with Gasteiger partial charge in [0, 0.05) is 5.75 Å². The van der Waals surface area contributed by atoms with Crippen LogP contribution < -0.4 is 21.8 Å².